The molecule has 0 bridgehead atoms. The minimum absolute atomic E-state index is 0.103. The van der Waals surface area contributed by atoms with Gasteiger partial charge >= 0.3 is 0 Å². The molecule has 5 heteroatoms. The number of hydrogen-bond donors (Lipinski definition) is 3. The Morgan fingerprint density at radius 3 is 2.23 bits per heavy atom. The van der Waals surface area contributed by atoms with Crippen molar-refractivity contribution in [2.75, 3.05) is 10.6 Å². The highest BCUT2D eigenvalue weighted by molar-refractivity contribution is 6.30. The van der Waals surface area contributed by atoms with E-state index in [2.05, 4.69) is 10.6 Å². The van der Waals surface area contributed by atoms with E-state index in [4.69, 9.17) is 11.6 Å². The van der Waals surface area contributed by atoms with Gasteiger partial charge in [0.25, 0.3) is 0 Å². The number of Topliss-reactive ketones (excluding diaryl/α,β-unsaturated/α-hetero) is 1. The lowest BCUT2D eigenvalue weighted by Crippen LogP contribution is -2.26. The number of anilines is 2. The van der Waals surface area contributed by atoms with Crippen LogP contribution in [0.1, 0.15) is 35.9 Å². The zero-order valence-electron chi connectivity index (χ0n) is 16.2. The third-order valence-corrected chi connectivity index (χ3v) is 6.13. The van der Waals surface area contributed by atoms with Gasteiger partial charge in [-0.1, -0.05) is 48.0 Å². The molecule has 5 rings (SSSR count). The molecule has 3 aromatic carbocycles. The summed E-state index contributed by atoms with van der Waals surface area (Å²) >= 11 is 6.05. The van der Waals surface area contributed by atoms with Gasteiger partial charge in [-0.05, 0) is 59.9 Å². The maximum Gasteiger partial charge on any atom is 0.163 e. The van der Waals surface area contributed by atoms with Gasteiger partial charge in [0, 0.05) is 22.7 Å². The second kappa shape index (κ2) is 7.54. The molecule has 0 spiro atoms. The standard InChI is InChI=1S/C25H21ClN2O2/c26-18-9-5-15(6-10-18)17-13-22-24(23(30)14-17)25(16-7-11-19(29)12-8-16)28-21-4-2-1-3-20(21)27-22/h1-12,17,25,27-29H,13-14H2. The first kappa shape index (κ1) is 18.8. The first-order chi connectivity index (χ1) is 14.6. The number of halogens is 1. The third-order valence-electron chi connectivity index (χ3n) is 5.88. The van der Waals surface area contributed by atoms with Crippen molar-refractivity contribution in [3.63, 3.8) is 0 Å². The predicted octanol–water partition coefficient (Wildman–Crippen LogP) is 6.03. The number of carbonyl (C=O) groups is 1. The van der Waals surface area contributed by atoms with Gasteiger partial charge in [0.1, 0.15) is 5.75 Å². The number of fused-ring (bicyclic) bond motifs is 1. The summed E-state index contributed by atoms with van der Waals surface area (Å²) in [5.41, 5.74) is 5.67. The van der Waals surface area contributed by atoms with Crippen LogP contribution in [0.2, 0.25) is 5.02 Å². The van der Waals surface area contributed by atoms with Gasteiger partial charge in [0.2, 0.25) is 0 Å². The van der Waals surface area contributed by atoms with Crippen LogP contribution in [0.25, 0.3) is 0 Å². The van der Waals surface area contributed by atoms with E-state index < -0.39 is 0 Å². The molecule has 0 saturated carbocycles. The van der Waals surface area contributed by atoms with E-state index in [9.17, 15) is 9.90 Å². The van der Waals surface area contributed by atoms with Crippen LogP contribution in [0, 0.1) is 0 Å². The molecule has 2 atom stereocenters. The van der Waals surface area contributed by atoms with E-state index in [1.807, 2.05) is 60.7 Å². The minimum atomic E-state index is -0.282. The van der Waals surface area contributed by atoms with E-state index in [0.29, 0.717) is 11.4 Å². The van der Waals surface area contributed by atoms with Crippen molar-refractivity contribution in [3.05, 3.63) is 100 Å². The van der Waals surface area contributed by atoms with Crippen LogP contribution in [0.4, 0.5) is 11.4 Å². The maximum atomic E-state index is 13.4. The van der Waals surface area contributed by atoms with E-state index in [0.717, 1.165) is 40.2 Å². The Balaban J connectivity index is 1.60. The highest BCUT2D eigenvalue weighted by Gasteiger charge is 2.35. The number of para-hydroxylation sites is 2. The van der Waals surface area contributed by atoms with Crippen molar-refractivity contribution in [2.24, 2.45) is 0 Å². The fourth-order valence-corrected chi connectivity index (χ4v) is 4.51. The van der Waals surface area contributed by atoms with Gasteiger partial charge in [-0.3, -0.25) is 4.79 Å². The Bertz CT molecular complexity index is 1140. The number of phenolic OH excluding ortho intramolecular Hbond substituents is 1. The van der Waals surface area contributed by atoms with Gasteiger partial charge in [0.05, 0.1) is 17.4 Å². The number of allylic oxidation sites excluding steroid dienone is 1. The van der Waals surface area contributed by atoms with Crippen molar-refractivity contribution >= 4 is 28.8 Å². The van der Waals surface area contributed by atoms with Crippen molar-refractivity contribution in [3.8, 4) is 5.75 Å². The average molecular weight is 417 g/mol. The van der Waals surface area contributed by atoms with Crippen molar-refractivity contribution < 1.29 is 9.90 Å². The molecular formula is C25H21ClN2O2. The fraction of sp³-hybridized carbons (Fsp3) is 0.160. The second-order valence-electron chi connectivity index (χ2n) is 7.81. The van der Waals surface area contributed by atoms with E-state index in [-0.39, 0.29) is 23.5 Å². The largest absolute Gasteiger partial charge is 0.508 e. The Kier molecular flexibility index (Phi) is 4.72. The number of aromatic hydroxyl groups is 1. The predicted molar refractivity (Wildman–Crippen MR) is 120 cm³/mol. The Hall–Kier alpha value is -3.24. The number of benzene rings is 3. The summed E-state index contributed by atoms with van der Waals surface area (Å²) in [7, 11) is 0. The van der Waals surface area contributed by atoms with Crippen molar-refractivity contribution in [1.82, 2.24) is 0 Å². The summed E-state index contributed by atoms with van der Waals surface area (Å²) in [6, 6.07) is 22.5. The minimum Gasteiger partial charge on any atom is -0.508 e. The molecule has 0 amide bonds. The number of rotatable bonds is 2. The lowest BCUT2D eigenvalue weighted by Gasteiger charge is -2.30. The summed E-state index contributed by atoms with van der Waals surface area (Å²) in [5.74, 6) is 0.437. The summed E-state index contributed by atoms with van der Waals surface area (Å²) in [6.45, 7) is 0. The number of hydrogen-bond acceptors (Lipinski definition) is 4. The Labute approximate surface area is 180 Å². The Morgan fingerprint density at radius 1 is 0.833 bits per heavy atom. The molecule has 0 fully saturated rings. The molecule has 4 nitrogen and oxygen atoms in total. The average Bonchev–Trinajstić information content (AvgIpc) is 2.91. The third kappa shape index (κ3) is 3.44. The van der Waals surface area contributed by atoms with Crippen LogP contribution in [-0.2, 0) is 4.79 Å². The van der Waals surface area contributed by atoms with Crippen molar-refractivity contribution in [1.29, 1.82) is 0 Å². The molecule has 2 unspecified atom stereocenters. The molecule has 0 radical (unpaired) electrons. The van der Waals surface area contributed by atoms with Crippen LogP contribution >= 0.6 is 11.6 Å². The van der Waals surface area contributed by atoms with E-state index in [1.165, 1.54) is 0 Å². The first-order valence-corrected chi connectivity index (χ1v) is 10.4. The van der Waals surface area contributed by atoms with Gasteiger partial charge in [-0.2, -0.15) is 0 Å². The lowest BCUT2D eigenvalue weighted by atomic mass is 9.78. The van der Waals surface area contributed by atoms with Crippen molar-refractivity contribution in [2.45, 2.75) is 24.8 Å². The molecule has 1 aliphatic carbocycles. The highest BCUT2D eigenvalue weighted by Crippen LogP contribution is 2.44. The van der Waals surface area contributed by atoms with Crippen LogP contribution in [0.5, 0.6) is 5.75 Å². The SMILES string of the molecule is O=C1CC(c2ccc(Cl)cc2)CC2=C1C(c1ccc(O)cc1)Nc1ccccc1N2. The Morgan fingerprint density at radius 2 is 1.50 bits per heavy atom. The fourth-order valence-electron chi connectivity index (χ4n) is 4.38. The number of phenols is 1. The van der Waals surface area contributed by atoms with Crippen LogP contribution in [0.15, 0.2) is 84.1 Å². The molecule has 30 heavy (non-hydrogen) atoms. The molecule has 2 aliphatic rings. The topological polar surface area (TPSA) is 61.4 Å². The molecule has 3 aromatic rings. The lowest BCUT2D eigenvalue weighted by molar-refractivity contribution is -0.116. The van der Waals surface area contributed by atoms with Crippen LogP contribution < -0.4 is 10.6 Å². The maximum absolute atomic E-state index is 13.4. The summed E-state index contributed by atoms with van der Waals surface area (Å²) in [6.07, 6.45) is 1.20. The normalized spacial score (nSPS) is 20.5. The van der Waals surface area contributed by atoms with Crippen LogP contribution in [0.3, 0.4) is 0 Å². The second-order valence-corrected chi connectivity index (χ2v) is 8.25. The monoisotopic (exact) mass is 416 g/mol. The zero-order valence-corrected chi connectivity index (χ0v) is 17.0. The van der Waals surface area contributed by atoms with E-state index in [1.54, 1.807) is 12.1 Å². The van der Waals surface area contributed by atoms with E-state index >= 15 is 0 Å². The van der Waals surface area contributed by atoms with Gasteiger partial charge in [-0.25, -0.2) is 0 Å². The summed E-state index contributed by atoms with van der Waals surface area (Å²) < 4.78 is 0. The van der Waals surface area contributed by atoms with Gasteiger partial charge in [0.15, 0.2) is 5.78 Å². The molecule has 1 heterocycles. The number of nitrogens with one attached hydrogen (secondary N) is 2. The smallest absolute Gasteiger partial charge is 0.163 e. The molecule has 3 N–H and O–H groups in total. The molecule has 0 saturated heterocycles. The number of ketones is 1. The molecule has 0 aromatic heterocycles. The number of carbonyl (C=O) groups excluding carboxylic acids is 1. The van der Waals surface area contributed by atoms with Crippen LogP contribution in [-0.4, -0.2) is 10.9 Å². The van der Waals surface area contributed by atoms with Gasteiger partial charge in [-0.15, -0.1) is 0 Å². The zero-order chi connectivity index (χ0) is 20.7. The summed E-state index contributed by atoms with van der Waals surface area (Å²) in [4.78, 5) is 13.4. The van der Waals surface area contributed by atoms with Gasteiger partial charge < -0.3 is 15.7 Å². The summed E-state index contributed by atoms with van der Waals surface area (Å²) in [5, 5.41) is 17.5. The molecule has 1 aliphatic heterocycles. The highest BCUT2D eigenvalue weighted by atomic mass is 35.5. The first-order valence-electron chi connectivity index (χ1n) is 10.0. The molecular weight excluding hydrogens is 396 g/mol. The quantitative estimate of drug-likeness (QED) is 0.477. The molecule has 150 valence electrons.